The van der Waals surface area contributed by atoms with E-state index in [-0.39, 0.29) is 11.5 Å². The maximum atomic E-state index is 13.8. The van der Waals surface area contributed by atoms with Gasteiger partial charge in [0.15, 0.2) is 0 Å². The molecule has 0 atom stereocenters. The first kappa shape index (κ1) is 18.7. The number of nitrogens with zero attached hydrogens (tertiary/aromatic N) is 2. The zero-order valence-corrected chi connectivity index (χ0v) is 15.1. The van der Waals surface area contributed by atoms with Gasteiger partial charge >= 0.3 is 0 Å². The van der Waals surface area contributed by atoms with Crippen molar-refractivity contribution in [2.75, 3.05) is 24.9 Å². The number of para-hydroxylation sites is 1. The van der Waals surface area contributed by atoms with Crippen molar-refractivity contribution in [2.24, 2.45) is 0 Å². The van der Waals surface area contributed by atoms with Crippen molar-refractivity contribution in [2.45, 2.75) is 0 Å². The molecule has 9 heteroatoms. The van der Waals surface area contributed by atoms with Crippen LogP contribution >= 0.6 is 11.6 Å². The van der Waals surface area contributed by atoms with Crippen LogP contribution in [0.1, 0.15) is 0 Å². The Kier molecular flexibility index (Phi) is 5.56. The van der Waals surface area contributed by atoms with E-state index in [9.17, 15) is 8.78 Å². The number of halogens is 3. The van der Waals surface area contributed by atoms with Crippen LogP contribution in [0, 0.1) is 11.6 Å². The van der Waals surface area contributed by atoms with Crippen LogP contribution in [0.25, 0.3) is 0 Å². The normalized spacial score (nSPS) is 10.4. The molecule has 27 heavy (non-hydrogen) atoms. The van der Waals surface area contributed by atoms with E-state index in [2.05, 4.69) is 20.6 Å². The Balaban J connectivity index is 1.89. The summed E-state index contributed by atoms with van der Waals surface area (Å²) in [7, 11) is 2.99. The molecule has 140 valence electrons. The molecule has 3 rings (SSSR count). The van der Waals surface area contributed by atoms with Gasteiger partial charge in [0.2, 0.25) is 0 Å². The molecule has 2 aromatic carbocycles. The summed E-state index contributed by atoms with van der Waals surface area (Å²) in [4.78, 5) is 8.07. The van der Waals surface area contributed by atoms with Crippen LogP contribution in [0.3, 0.4) is 0 Å². The highest BCUT2D eigenvalue weighted by molar-refractivity contribution is 6.32. The Morgan fingerprint density at radius 1 is 0.889 bits per heavy atom. The first-order valence-corrected chi connectivity index (χ1v) is 8.11. The lowest BCUT2D eigenvalue weighted by atomic mass is 10.2. The number of hydrogen-bond acceptors (Lipinski definition) is 6. The SMILES string of the molecule is COc1cc(Nc2cc(Nc3c(F)cccc3F)ncn2)c(OC)cc1Cl. The lowest BCUT2D eigenvalue weighted by Gasteiger charge is -2.14. The van der Waals surface area contributed by atoms with Crippen LogP contribution in [-0.4, -0.2) is 24.2 Å². The maximum Gasteiger partial charge on any atom is 0.149 e. The van der Waals surface area contributed by atoms with Crippen molar-refractivity contribution in [3.8, 4) is 11.5 Å². The van der Waals surface area contributed by atoms with Crippen molar-refractivity contribution < 1.29 is 18.3 Å². The van der Waals surface area contributed by atoms with Gasteiger partial charge in [-0.05, 0) is 12.1 Å². The van der Waals surface area contributed by atoms with Crippen molar-refractivity contribution in [3.63, 3.8) is 0 Å². The predicted molar refractivity (Wildman–Crippen MR) is 99.5 cm³/mol. The van der Waals surface area contributed by atoms with Gasteiger partial charge in [0, 0.05) is 18.2 Å². The van der Waals surface area contributed by atoms with Crippen molar-refractivity contribution in [1.82, 2.24) is 9.97 Å². The highest BCUT2D eigenvalue weighted by atomic mass is 35.5. The molecular formula is C18H15ClF2N4O2. The summed E-state index contributed by atoms with van der Waals surface area (Å²) < 4.78 is 38.1. The van der Waals surface area contributed by atoms with Crippen LogP contribution in [0.15, 0.2) is 42.7 Å². The summed E-state index contributed by atoms with van der Waals surface area (Å²) in [5.41, 5.74) is 0.244. The molecular weight excluding hydrogens is 378 g/mol. The fraction of sp³-hybridized carbons (Fsp3) is 0.111. The molecule has 0 spiro atoms. The summed E-state index contributed by atoms with van der Waals surface area (Å²) in [6.45, 7) is 0. The van der Waals surface area contributed by atoms with E-state index in [0.29, 0.717) is 28.0 Å². The molecule has 0 bridgehead atoms. The molecule has 0 fully saturated rings. The van der Waals surface area contributed by atoms with Crippen molar-refractivity contribution >= 4 is 34.6 Å². The summed E-state index contributed by atoms with van der Waals surface area (Å²) in [5.74, 6) is 0.0256. The molecule has 1 heterocycles. The number of rotatable bonds is 6. The minimum absolute atomic E-state index is 0.205. The zero-order chi connectivity index (χ0) is 19.4. The van der Waals surface area contributed by atoms with Gasteiger partial charge in [-0.3, -0.25) is 0 Å². The van der Waals surface area contributed by atoms with E-state index in [0.717, 1.165) is 12.1 Å². The van der Waals surface area contributed by atoms with E-state index < -0.39 is 11.6 Å². The van der Waals surface area contributed by atoms with Gasteiger partial charge in [-0.25, -0.2) is 18.7 Å². The second kappa shape index (κ2) is 8.05. The lowest BCUT2D eigenvalue weighted by Crippen LogP contribution is -2.02. The van der Waals surface area contributed by atoms with Gasteiger partial charge < -0.3 is 20.1 Å². The summed E-state index contributed by atoms with van der Waals surface area (Å²) in [6.07, 6.45) is 1.25. The fourth-order valence-corrected chi connectivity index (χ4v) is 2.57. The minimum Gasteiger partial charge on any atom is -0.495 e. The molecule has 0 aliphatic rings. The van der Waals surface area contributed by atoms with E-state index in [1.165, 1.54) is 32.7 Å². The monoisotopic (exact) mass is 392 g/mol. The lowest BCUT2D eigenvalue weighted by molar-refractivity contribution is 0.405. The first-order valence-electron chi connectivity index (χ1n) is 7.73. The van der Waals surface area contributed by atoms with Crippen LogP contribution in [0.5, 0.6) is 11.5 Å². The van der Waals surface area contributed by atoms with E-state index in [1.807, 2.05) is 0 Å². The topological polar surface area (TPSA) is 68.3 Å². The molecule has 0 unspecified atom stereocenters. The number of benzene rings is 2. The Bertz CT molecular complexity index is 952. The highest BCUT2D eigenvalue weighted by Gasteiger charge is 2.12. The molecule has 6 nitrogen and oxygen atoms in total. The number of anilines is 4. The van der Waals surface area contributed by atoms with Gasteiger partial charge in [-0.1, -0.05) is 17.7 Å². The molecule has 0 radical (unpaired) electrons. The van der Waals surface area contributed by atoms with Crippen molar-refractivity contribution in [1.29, 1.82) is 0 Å². The van der Waals surface area contributed by atoms with Crippen LogP contribution in [0.2, 0.25) is 5.02 Å². The molecule has 0 aliphatic heterocycles. The van der Waals surface area contributed by atoms with E-state index in [1.54, 1.807) is 12.1 Å². The summed E-state index contributed by atoms with van der Waals surface area (Å²) in [5, 5.41) is 6.04. The standard InChI is InChI=1S/C18H15ClF2N4O2/c1-26-14-7-13(15(27-2)6-10(14)19)24-16-8-17(23-9-22-16)25-18-11(20)4-3-5-12(18)21/h3-9H,1-2H3,(H2,22,23,24,25). The molecule has 0 amide bonds. The maximum absolute atomic E-state index is 13.8. The average molecular weight is 393 g/mol. The van der Waals surface area contributed by atoms with Crippen molar-refractivity contribution in [3.05, 3.63) is 59.4 Å². The Labute approximate surface area is 159 Å². The third kappa shape index (κ3) is 4.17. The third-order valence-corrected chi connectivity index (χ3v) is 3.91. The molecule has 0 saturated carbocycles. The van der Waals surface area contributed by atoms with Gasteiger partial charge in [0.25, 0.3) is 0 Å². The second-order valence-corrected chi connectivity index (χ2v) is 5.73. The number of ether oxygens (including phenoxy) is 2. The van der Waals surface area contributed by atoms with E-state index in [4.69, 9.17) is 21.1 Å². The first-order chi connectivity index (χ1) is 13.0. The summed E-state index contributed by atoms with van der Waals surface area (Å²) in [6, 6.07) is 8.31. The van der Waals surface area contributed by atoms with Gasteiger partial charge in [-0.15, -0.1) is 0 Å². The Morgan fingerprint density at radius 2 is 1.52 bits per heavy atom. The molecule has 1 aromatic heterocycles. The predicted octanol–water partition coefficient (Wildman–Crippen LogP) is 4.91. The van der Waals surface area contributed by atoms with Crippen LogP contribution in [0.4, 0.5) is 31.8 Å². The number of aromatic nitrogens is 2. The Hall–Kier alpha value is -3.13. The molecule has 0 aliphatic carbocycles. The van der Waals surface area contributed by atoms with Crippen LogP contribution in [-0.2, 0) is 0 Å². The average Bonchev–Trinajstić information content (AvgIpc) is 2.66. The van der Waals surface area contributed by atoms with Gasteiger partial charge in [-0.2, -0.15) is 0 Å². The number of nitrogens with one attached hydrogen (secondary N) is 2. The third-order valence-electron chi connectivity index (χ3n) is 3.62. The zero-order valence-electron chi connectivity index (χ0n) is 14.4. The minimum atomic E-state index is -0.729. The molecule has 0 saturated heterocycles. The second-order valence-electron chi connectivity index (χ2n) is 5.32. The quantitative estimate of drug-likeness (QED) is 0.621. The van der Waals surface area contributed by atoms with Gasteiger partial charge in [0.05, 0.1) is 24.9 Å². The summed E-state index contributed by atoms with van der Waals surface area (Å²) >= 11 is 6.09. The van der Waals surface area contributed by atoms with E-state index >= 15 is 0 Å². The smallest absolute Gasteiger partial charge is 0.149 e. The molecule has 3 aromatic rings. The van der Waals surface area contributed by atoms with Gasteiger partial charge in [0.1, 0.15) is 46.8 Å². The largest absolute Gasteiger partial charge is 0.495 e. The Morgan fingerprint density at radius 3 is 2.15 bits per heavy atom. The number of methoxy groups -OCH3 is 2. The molecule has 2 N–H and O–H groups in total. The highest BCUT2D eigenvalue weighted by Crippen LogP contribution is 2.37. The fourth-order valence-electron chi connectivity index (χ4n) is 2.34. The number of hydrogen-bond donors (Lipinski definition) is 2. The van der Waals surface area contributed by atoms with Crippen LogP contribution < -0.4 is 20.1 Å².